The maximum atomic E-state index is 10.6. The number of carboxylic acids is 2. The predicted octanol–water partition coefficient (Wildman–Crippen LogP) is 5.42. The van der Waals surface area contributed by atoms with Crippen LogP contribution in [0, 0.1) is 0 Å². The number of H-pyrrole nitrogens is 1. The molecule has 0 bridgehead atoms. The number of pyridine rings is 1. The summed E-state index contributed by atoms with van der Waals surface area (Å²) in [6, 6.07) is 3.84. The van der Waals surface area contributed by atoms with Gasteiger partial charge in [0, 0.05) is 30.1 Å². The second kappa shape index (κ2) is 14.6. The molecule has 0 fully saturated rings. The number of allylic oxidation sites excluding steroid dienone is 1. The number of aliphatic carboxylic acids is 2. The van der Waals surface area contributed by atoms with Crippen molar-refractivity contribution in [2.75, 3.05) is 11.9 Å². The summed E-state index contributed by atoms with van der Waals surface area (Å²) >= 11 is 0. The molecule has 0 aliphatic carbocycles. The smallest absolute Gasteiger partial charge is 0.490 e. The molecular formula is C22H25F6N5O5. The van der Waals surface area contributed by atoms with E-state index in [-0.39, 0.29) is 5.88 Å². The zero-order valence-corrected chi connectivity index (χ0v) is 19.9. The third kappa shape index (κ3) is 11.3. The van der Waals surface area contributed by atoms with E-state index in [0.29, 0.717) is 17.5 Å². The molecule has 5 N–H and O–H groups in total. The molecule has 210 valence electrons. The highest BCUT2D eigenvalue weighted by atomic mass is 19.4. The number of hydrogen-bond donors (Lipinski definition) is 5. The molecule has 2 aromatic heterocycles. The molecule has 0 atom stereocenters. The zero-order chi connectivity index (χ0) is 28.9. The van der Waals surface area contributed by atoms with Gasteiger partial charge in [-0.3, -0.25) is 0 Å². The van der Waals surface area contributed by atoms with E-state index in [4.69, 9.17) is 19.8 Å². The van der Waals surface area contributed by atoms with Gasteiger partial charge in [-0.05, 0) is 24.6 Å². The van der Waals surface area contributed by atoms with Crippen LogP contribution < -0.4 is 5.32 Å². The first-order valence-electron chi connectivity index (χ1n) is 11.0. The number of halogens is 6. The normalized spacial score (nSPS) is 13.2. The number of anilines is 1. The summed E-state index contributed by atoms with van der Waals surface area (Å²) in [5.74, 6) is -4.23. The number of imidazole rings is 1. The Morgan fingerprint density at radius 1 is 1.03 bits per heavy atom. The molecular weight excluding hydrogens is 528 g/mol. The highest BCUT2D eigenvalue weighted by Crippen LogP contribution is 2.31. The Bertz CT molecular complexity index is 1100. The van der Waals surface area contributed by atoms with Gasteiger partial charge in [0.1, 0.15) is 5.69 Å². The first-order valence-corrected chi connectivity index (χ1v) is 11.0. The van der Waals surface area contributed by atoms with Crippen LogP contribution in [-0.2, 0) is 9.59 Å². The SMILES string of the molecule is CCCCCCCNc1nc(O)c(C=C2C=Nc3ncccc32)[nH]1.O=C(O)C(F)(F)F.O=C(O)C(F)(F)F. The summed E-state index contributed by atoms with van der Waals surface area (Å²) in [5, 5.41) is 27.5. The van der Waals surface area contributed by atoms with Gasteiger partial charge in [-0.15, -0.1) is 0 Å². The van der Waals surface area contributed by atoms with E-state index in [9.17, 15) is 31.4 Å². The van der Waals surface area contributed by atoms with Gasteiger partial charge in [-0.25, -0.2) is 19.6 Å². The molecule has 10 nitrogen and oxygen atoms in total. The van der Waals surface area contributed by atoms with Crippen LogP contribution in [0.3, 0.4) is 0 Å². The van der Waals surface area contributed by atoms with Crippen LogP contribution in [0.25, 0.3) is 11.6 Å². The maximum absolute atomic E-state index is 10.6. The number of carboxylic acid groups (broad SMARTS) is 2. The van der Waals surface area contributed by atoms with Gasteiger partial charge < -0.3 is 25.6 Å². The van der Waals surface area contributed by atoms with Crippen molar-refractivity contribution in [3.05, 3.63) is 29.6 Å². The Labute approximate surface area is 212 Å². The Hall–Kier alpha value is -4.11. The van der Waals surface area contributed by atoms with Crippen LogP contribution in [0.1, 0.15) is 50.3 Å². The molecule has 0 unspecified atom stereocenters. The molecule has 0 radical (unpaired) electrons. The quantitative estimate of drug-likeness (QED) is 0.214. The van der Waals surface area contributed by atoms with Crippen molar-refractivity contribution in [3.8, 4) is 5.88 Å². The summed E-state index contributed by atoms with van der Waals surface area (Å²) < 4.78 is 63.5. The largest absolute Gasteiger partial charge is 0.492 e. The van der Waals surface area contributed by atoms with Gasteiger partial charge in [0.25, 0.3) is 0 Å². The number of nitrogens with zero attached hydrogens (tertiary/aromatic N) is 3. The molecule has 3 heterocycles. The van der Waals surface area contributed by atoms with Crippen molar-refractivity contribution in [1.82, 2.24) is 15.0 Å². The minimum absolute atomic E-state index is 0.0123. The number of alkyl halides is 6. The average molecular weight is 553 g/mol. The first-order chi connectivity index (χ1) is 17.7. The Morgan fingerprint density at radius 3 is 2.16 bits per heavy atom. The van der Waals surface area contributed by atoms with Crippen LogP contribution in [0.2, 0.25) is 0 Å². The molecule has 3 rings (SSSR count). The van der Waals surface area contributed by atoms with Crippen molar-refractivity contribution in [2.24, 2.45) is 4.99 Å². The summed E-state index contributed by atoms with van der Waals surface area (Å²) in [4.78, 5) is 33.5. The standard InChI is InChI=1S/C18H23N5O.2C2HF3O2/c1-2-3-4-5-6-9-20-18-22-15(17(24)23-18)11-13-12-21-16-14(13)8-7-10-19-16;2*3-2(4,5)1(6)7/h7-8,10-12,24H,2-6,9H2,1H3,(H2,20,22,23);2*(H,6,7). The van der Waals surface area contributed by atoms with E-state index in [1.807, 2.05) is 18.2 Å². The number of aliphatic imine (C=N–C) groups is 1. The van der Waals surface area contributed by atoms with Gasteiger partial charge in [-0.1, -0.05) is 32.6 Å². The monoisotopic (exact) mass is 553 g/mol. The highest BCUT2D eigenvalue weighted by Gasteiger charge is 2.38. The third-order valence-electron chi connectivity index (χ3n) is 4.49. The highest BCUT2D eigenvalue weighted by molar-refractivity contribution is 6.20. The Balaban J connectivity index is 0.000000426. The lowest BCUT2D eigenvalue weighted by Crippen LogP contribution is -2.21. The van der Waals surface area contributed by atoms with Gasteiger partial charge in [0.2, 0.25) is 11.8 Å². The van der Waals surface area contributed by atoms with Crippen LogP contribution in [0.5, 0.6) is 5.88 Å². The van der Waals surface area contributed by atoms with Crippen LogP contribution in [-0.4, -0.2) is 67.3 Å². The number of carbonyl (C=O) groups is 2. The maximum Gasteiger partial charge on any atom is 0.490 e. The lowest BCUT2D eigenvalue weighted by atomic mass is 10.1. The number of aromatic amines is 1. The second-order valence-corrected chi connectivity index (χ2v) is 7.50. The fourth-order valence-corrected chi connectivity index (χ4v) is 2.69. The second-order valence-electron chi connectivity index (χ2n) is 7.50. The van der Waals surface area contributed by atoms with E-state index in [1.54, 1.807) is 12.4 Å². The predicted molar refractivity (Wildman–Crippen MR) is 125 cm³/mol. The molecule has 16 heteroatoms. The van der Waals surface area contributed by atoms with Gasteiger partial charge in [0.05, 0.1) is 0 Å². The van der Waals surface area contributed by atoms with Crippen molar-refractivity contribution >= 4 is 41.6 Å². The molecule has 0 amide bonds. The fraction of sp³-hybridized carbons (Fsp3) is 0.409. The minimum Gasteiger partial charge on any atom is -0.492 e. The van der Waals surface area contributed by atoms with Crippen LogP contribution >= 0.6 is 0 Å². The van der Waals surface area contributed by atoms with Crippen LogP contribution in [0.15, 0.2) is 23.3 Å². The fourth-order valence-electron chi connectivity index (χ4n) is 2.69. The molecule has 2 aromatic rings. The van der Waals surface area contributed by atoms with Gasteiger partial charge in [0.15, 0.2) is 5.82 Å². The molecule has 0 aromatic carbocycles. The van der Waals surface area contributed by atoms with Crippen molar-refractivity contribution in [2.45, 2.75) is 51.4 Å². The third-order valence-corrected chi connectivity index (χ3v) is 4.49. The zero-order valence-electron chi connectivity index (χ0n) is 19.9. The number of aromatic nitrogens is 3. The van der Waals surface area contributed by atoms with E-state index < -0.39 is 24.3 Å². The van der Waals surface area contributed by atoms with E-state index in [0.717, 1.165) is 24.1 Å². The lowest BCUT2D eigenvalue weighted by Gasteiger charge is -2.02. The van der Waals surface area contributed by atoms with Crippen molar-refractivity contribution in [3.63, 3.8) is 0 Å². The van der Waals surface area contributed by atoms with Crippen molar-refractivity contribution < 1.29 is 51.3 Å². The number of rotatable bonds is 8. The molecule has 0 saturated heterocycles. The summed E-state index contributed by atoms with van der Waals surface area (Å²) in [5.41, 5.74) is 2.43. The number of hydrogen-bond acceptors (Lipinski definition) is 7. The number of unbranched alkanes of at least 4 members (excludes halogenated alkanes) is 4. The summed E-state index contributed by atoms with van der Waals surface area (Å²) in [7, 11) is 0. The lowest BCUT2D eigenvalue weighted by molar-refractivity contribution is -0.193. The molecule has 38 heavy (non-hydrogen) atoms. The van der Waals surface area contributed by atoms with E-state index in [1.165, 1.54) is 25.7 Å². The number of aromatic hydroxyl groups is 1. The Kier molecular flexibility index (Phi) is 12.3. The average Bonchev–Trinajstić information content (AvgIpc) is 3.39. The minimum atomic E-state index is -5.08. The van der Waals surface area contributed by atoms with Gasteiger partial charge >= 0.3 is 24.3 Å². The van der Waals surface area contributed by atoms with Crippen molar-refractivity contribution in [1.29, 1.82) is 0 Å². The molecule has 0 spiro atoms. The first kappa shape index (κ1) is 31.9. The summed E-state index contributed by atoms with van der Waals surface area (Å²) in [6.07, 6.45) is 1.26. The van der Waals surface area contributed by atoms with E-state index in [2.05, 4.69) is 32.2 Å². The molecule has 0 saturated carbocycles. The van der Waals surface area contributed by atoms with E-state index >= 15 is 0 Å². The molecule has 1 aliphatic heterocycles. The van der Waals surface area contributed by atoms with Gasteiger partial charge in [-0.2, -0.15) is 31.3 Å². The molecule has 1 aliphatic rings. The number of nitrogens with one attached hydrogen (secondary N) is 2. The topological polar surface area (TPSA) is 161 Å². The summed E-state index contributed by atoms with van der Waals surface area (Å²) in [6.45, 7) is 3.06. The van der Waals surface area contributed by atoms with Crippen LogP contribution in [0.4, 0.5) is 38.1 Å². The number of fused-ring (bicyclic) bond motifs is 1. The Morgan fingerprint density at radius 2 is 1.61 bits per heavy atom.